The van der Waals surface area contributed by atoms with Crippen molar-refractivity contribution in [3.63, 3.8) is 0 Å². The van der Waals surface area contributed by atoms with Crippen LogP contribution in [-0.2, 0) is 0 Å². The van der Waals surface area contributed by atoms with Crippen molar-refractivity contribution in [1.29, 1.82) is 0 Å². The Hall–Kier alpha value is -0.900. The first-order valence-electron chi connectivity index (χ1n) is 9.00. The molecule has 0 bridgehead atoms. The molecule has 1 aromatic heterocycles. The van der Waals surface area contributed by atoms with E-state index in [0.717, 1.165) is 17.6 Å². The summed E-state index contributed by atoms with van der Waals surface area (Å²) in [7, 11) is 0. The summed E-state index contributed by atoms with van der Waals surface area (Å²) in [6.45, 7) is 0. The van der Waals surface area contributed by atoms with Crippen molar-refractivity contribution in [2.24, 2.45) is 5.92 Å². The Morgan fingerprint density at radius 3 is 2.48 bits per heavy atom. The first-order chi connectivity index (χ1) is 10.4. The summed E-state index contributed by atoms with van der Waals surface area (Å²) in [5, 5.41) is 8.06. The molecule has 4 nitrogen and oxygen atoms in total. The van der Waals surface area contributed by atoms with Gasteiger partial charge in [-0.3, -0.25) is 0 Å². The summed E-state index contributed by atoms with van der Waals surface area (Å²) in [6, 6.07) is 1.00. The summed E-state index contributed by atoms with van der Waals surface area (Å²) in [5.74, 6) is 3.19. The fourth-order valence-electron chi connectivity index (χ4n) is 4.60. The molecule has 0 spiro atoms. The van der Waals surface area contributed by atoms with E-state index in [1.54, 1.807) is 0 Å². The molecule has 2 aliphatic carbocycles. The van der Waals surface area contributed by atoms with Gasteiger partial charge in [-0.15, -0.1) is 0 Å². The monoisotopic (exact) mass is 289 g/mol. The number of rotatable bonds is 2. The molecule has 2 saturated carbocycles. The average Bonchev–Trinajstić information content (AvgIpc) is 3.07. The normalized spacial score (nSPS) is 34.6. The van der Waals surface area contributed by atoms with E-state index >= 15 is 0 Å². The number of hydrogen-bond donors (Lipinski definition) is 1. The predicted octanol–water partition coefficient (Wildman–Crippen LogP) is 4.10. The number of hydrogen-bond acceptors (Lipinski definition) is 4. The molecular weight excluding hydrogens is 262 g/mol. The largest absolute Gasteiger partial charge is 0.338 e. The second-order valence-electron chi connectivity index (χ2n) is 7.29. The van der Waals surface area contributed by atoms with Gasteiger partial charge in [-0.1, -0.05) is 43.7 Å². The summed E-state index contributed by atoms with van der Waals surface area (Å²) in [6.07, 6.45) is 14.5. The van der Waals surface area contributed by atoms with Gasteiger partial charge in [0.2, 0.25) is 5.89 Å². The molecule has 0 aromatic carbocycles. The summed E-state index contributed by atoms with van der Waals surface area (Å²) >= 11 is 0. The second-order valence-corrected chi connectivity index (χ2v) is 7.29. The molecular formula is C17H27N3O. The van der Waals surface area contributed by atoms with E-state index < -0.39 is 0 Å². The molecule has 4 rings (SSSR count). The van der Waals surface area contributed by atoms with E-state index in [1.165, 1.54) is 70.6 Å². The molecule has 3 unspecified atom stereocenters. The first-order valence-corrected chi connectivity index (χ1v) is 9.00. The predicted molar refractivity (Wildman–Crippen MR) is 81.0 cm³/mol. The van der Waals surface area contributed by atoms with E-state index in [4.69, 9.17) is 9.51 Å². The van der Waals surface area contributed by atoms with Gasteiger partial charge < -0.3 is 9.84 Å². The van der Waals surface area contributed by atoms with Gasteiger partial charge in [-0.25, -0.2) is 0 Å². The van der Waals surface area contributed by atoms with E-state index in [-0.39, 0.29) is 0 Å². The second kappa shape index (κ2) is 6.07. The third-order valence-corrected chi connectivity index (χ3v) is 5.84. The van der Waals surface area contributed by atoms with Gasteiger partial charge in [0.25, 0.3) is 0 Å². The van der Waals surface area contributed by atoms with Crippen molar-refractivity contribution in [2.45, 2.75) is 88.6 Å². The molecule has 1 N–H and O–H groups in total. The Balaban J connectivity index is 1.44. The van der Waals surface area contributed by atoms with Crippen LogP contribution in [0.1, 0.15) is 94.3 Å². The topological polar surface area (TPSA) is 51.0 Å². The van der Waals surface area contributed by atoms with Crippen LogP contribution in [0, 0.1) is 5.92 Å². The van der Waals surface area contributed by atoms with E-state index in [1.807, 2.05) is 0 Å². The van der Waals surface area contributed by atoms with Crippen LogP contribution in [0.15, 0.2) is 4.52 Å². The average molecular weight is 289 g/mol. The Kier molecular flexibility index (Phi) is 3.97. The highest BCUT2D eigenvalue weighted by molar-refractivity contribution is 5.04. The third-order valence-electron chi connectivity index (χ3n) is 5.84. The zero-order chi connectivity index (χ0) is 14.1. The zero-order valence-corrected chi connectivity index (χ0v) is 12.9. The van der Waals surface area contributed by atoms with Crippen molar-refractivity contribution >= 4 is 0 Å². The van der Waals surface area contributed by atoms with Crippen molar-refractivity contribution in [1.82, 2.24) is 15.5 Å². The molecule has 2 heterocycles. The Morgan fingerprint density at radius 2 is 1.67 bits per heavy atom. The van der Waals surface area contributed by atoms with Crippen LogP contribution >= 0.6 is 0 Å². The SMILES string of the molecule is C1CCCC(c2noc(C3CC4CCCCC4N3)n2)CC1. The maximum atomic E-state index is 5.63. The zero-order valence-electron chi connectivity index (χ0n) is 12.9. The van der Waals surface area contributed by atoms with Crippen LogP contribution in [0.5, 0.6) is 0 Å². The molecule has 0 radical (unpaired) electrons. The van der Waals surface area contributed by atoms with Gasteiger partial charge in [0, 0.05) is 12.0 Å². The molecule has 1 saturated heterocycles. The smallest absolute Gasteiger partial charge is 0.243 e. The van der Waals surface area contributed by atoms with Crippen molar-refractivity contribution in [3.05, 3.63) is 11.7 Å². The summed E-state index contributed by atoms with van der Waals surface area (Å²) in [5.41, 5.74) is 0. The van der Waals surface area contributed by atoms with E-state index in [2.05, 4.69) is 10.5 Å². The standard InChI is InChI=1S/C17H27N3O/c1-2-4-8-12(7-3-1)16-19-17(21-20-16)15-11-13-9-5-6-10-14(13)18-15/h12-15,18H,1-11H2. The highest BCUT2D eigenvalue weighted by Crippen LogP contribution is 2.39. The molecule has 4 heteroatoms. The van der Waals surface area contributed by atoms with Gasteiger partial charge in [-0.2, -0.15) is 4.98 Å². The van der Waals surface area contributed by atoms with Crippen molar-refractivity contribution in [2.75, 3.05) is 0 Å². The lowest BCUT2D eigenvalue weighted by Gasteiger charge is -2.24. The quantitative estimate of drug-likeness (QED) is 0.833. The minimum Gasteiger partial charge on any atom is -0.338 e. The van der Waals surface area contributed by atoms with Crippen LogP contribution in [0.2, 0.25) is 0 Å². The first kappa shape index (κ1) is 13.7. The van der Waals surface area contributed by atoms with Crippen LogP contribution in [0.25, 0.3) is 0 Å². The lowest BCUT2D eigenvalue weighted by atomic mass is 9.85. The minimum atomic E-state index is 0.310. The Morgan fingerprint density at radius 1 is 0.905 bits per heavy atom. The van der Waals surface area contributed by atoms with Gasteiger partial charge in [0.15, 0.2) is 5.82 Å². The third kappa shape index (κ3) is 2.87. The number of nitrogens with one attached hydrogen (secondary N) is 1. The molecule has 116 valence electrons. The van der Waals surface area contributed by atoms with Crippen molar-refractivity contribution in [3.8, 4) is 0 Å². The van der Waals surface area contributed by atoms with Crippen LogP contribution in [-0.4, -0.2) is 16.2 Å². The van der Waals surface area contributed by atoms with Crippen LogP contribution in [0.3, 0.4) is 0 Å². The van der Waals surface area contributed by atoms with Gasteiger partial charge >= 0.3 is 0 Å². The molecule has 3 aliphatic rings. The fourth-order valence-corrected chi connectivity index (χ4v) is 4.60. The van der Waals surface area contributed by atoms with Gasteiger partial charge in [0.1, 0.15) is 0 Å². The van der Waals surface area contributed by atoms with Crippen LogP contribution < -0.4 is 5.32 Å². The molecule has 3 fully saturated rings. The molecule has 3 atom stereocenters. The minimum absolute atomic E-state index is 0.310. The van der Waals surface area contributed by atoms with Gasteiger partial charge in [0.05, 0.1) is 6.04 Å². The highest BCUT2D eigenvalue weighted by atomic mass is 16.5. The van der Waals surface area contributed by atoms with Crippen molar-refractivity contribution < 1.29 is 4.52 Å². The molecule has 1 aromatic rings. The number of fused-ring (bicyclic) bond motifs is 1. The Bertz CT molecular complexity index is 450. The maximum absolute atomic E-state index is 5.63. The van der Waals surface area contributed by atoms with Gasteiger partial charge in [-0.05, 0) is 38.0 Å². The Labute approximate surface area is 127 Å². The lowest BCUT2D eigenvalue weighted by molar-refractivity contribution is 0.323. The molecule has 21 heavy (non-hydrogen) atoms. The number of aromatic nitrogens is 2. The summed E-state index contributed by atoms with van der Waals surface area (Å²) in [4.78, 5) is 4.78. The van der Waals surface area contributed by atoms with E-state index in [9.17, 15) is 0 Å². The van der Waals surface area contributed by atoms with E-state index in [0.29, 0.717) is 18.0 Å². The summed E-state index contributed by atoms with van der Waals surface area (Å²) < 4.78 is 5.63. The highest BCUT2D eigenvalue weighted by Gasteiger charge is 2.38. The number of nitrogens with zero attached hydrogens (tertiary/aromatic N) is 2. The maximum Gasteiger partial charge on any atom is 0.243 e. The molecule has 0 amide bonds. The van der Waals surface area contributed by atoms with Crippen LogP contribution in [0.4, 0.5) is 0 Å². The fraction of sp³-hybridized carbons (Fsp3) is 0.882. The molecule has 1 aliphatic heterocycles. The lowest BCUT2D eigenvalue weighted by Crippen LogP contribution is -2.30.